The van der Waals surface area contributed by atoms with Gasteiger partial charge in [-0.2, -0.15) is 0 Å². The molecule has 0 saturated carbocycles. The molecular formula is C20H17FN2O3S2. The van der Waals surface area contributed by atoms with Gasteiger partial charge in [-0.25, -0.2) is 17.5 Å². The molecule has 0 atom stereocenters. The van der Waals surface area contributed by atoms with Gasteiger partial charge in [0.1, 0.15) is 17.3 Å². The van der Waals surface area contributed by atoms with Crippen LogP contribution < -0.4 is 9.46 Å². The van der Waals surface area contributed by atoms with Gasteiger partial charge in [-0.3, -0.25) is 4.98 Å². The lowest BCUT2D eigenvalue weighted by atomic mass is 10.2. The van der Waals surface area contributed by atoms with Gasteiger partial charge in [0.15, 0.2) is 0 Å². The molecule has 0 aliphatic carbocycles. The zero-order chi connectivity index (χ0) is 19.7. The maximum atomic E-state index is 13.5. The van der Waals surface area contributed by atoms with Gasteiger partial charge in [0.25, 0.3) is 0 Å². The number of hydrogen-bond acceptors (Lipinski definition) is 5. The molecule has 2 heterocycles. The van der Waals surface area contributed by atoms with Gasteiger partial charge in [0.2, 0.25) is 10.0 Å². The van der Waals surface area contributed by atoms with Crippen molar-refractivity contribution in [1.82, 2.24) is 9.71 Å². The summed E-state index contributed by atoms with van der Waals surface area (Å²) >= 11 is 1.29. The first-order valence-electron chi connectivity index (χ1n) is 8.61. The molecule has 4 rings (SSSR count). The van der Waals surface area contributed by atoms with Crippen molar-refractivity contribution in [2.45, 2.75) is 28.0 Å². The monoisotopic (exact) mass is 416 g/mol. The summed E-state index contributed by atoms with van der Waals surface area (Å²) in [5.74, 6) is 0.762. The molecule has 0 saturated heterocycles. The van der Waals surface area contributed by atoms with E-state index in [1.165, 1.54) is 23.9 Å². The van der Waals surface area contributed by atoms with Crippen molar-refractivity contribution in [3.63, 3.8) is 0 Å². The summed E-state index contributed by atoms with van der Waals surface area (Å²) in [6, 6.07) is 11.3. The van der Waals surface area contributed by atoms with Crippen LogP contribution in [0, 0.1) is 12.7 Å². The molecule has 0 amide bonds. The second-order valence-electron chi connectivity index (χ2n) is 6.36. The molecule has 8 heteroatoms. The molecule has 0 fully saturated rings. The van der Waals surface area contributed by atoms with E-state index in [0.717, 1.165) is 5.56 Å². The Morgan fingerprint density at radius 2 is 1.82 bits per heavy atom. The third kappa shape index (κ3) is 3.89. The van der Waals surface area contributed by atoms with Crippen molar-refractivity contribution in [3.8, 4) is 11.5 Å². The van der Waals surface area contributed by atoms with Crippen LogP contribution >= 0.6 is 11.8 Å². The number of pyridine rings is 1. The summed E-state index contributed by atoms with van der Waals surface area (Å²) in [5, 5.41) is 0. The Balaban J connectivity index is 1.56. The van der Waals surface area contributed by atoms with Gasteiger partial charge in [-0.05, 0) is 66.9 Å². The number of aromatic nitrogens is 1. The van der Waals surface area contributed by atoms with Crippen LogP contribution in [0.25, 0.3) is 0 Å². The number of fused-ring (bicyclic) bond motifs is 2. The highest BCUT2D eigenvalue weighted by Gasteiger charge is 2.24. The van der Waals surface area contributed by atoms with Crippen molar-refractivity contribution in [3.05, 3.63) is 71.8 Å². The zero-order valence-corrected chi connectivity index (χ0v) is 16.6. The van der Waals surface area contributed by atoms with Crippen LogP contribution in [0.15, 0.2) is 69.5 Å². The minimum atomic E-state index is -3.69. The van der Waals surface area contributed by atoms with Crippen molar-refractivity contribution < 1.29 is 17.5 Å². The van der Waals surface area contributed by atoms with Crippen LogP contribution in [0.3, 0.4) is 0 Å². The minimum absolute atomic E-state index is 0.192. The molecule has 1 aromatic heterocycles. The number of nitrogens with zero attached hydrogens (tertiary/aromatic N) is 1. The van der Waals surface area contributed by atoms with E-state index < -0.39 is 10.0 Å². The quantitative estimate of drug-likeness (QED) is 0.525. The Morgan fingerprint density at radius 3 is 2.61 bits per heavy atom. The minimum Gasteiger partial charge on any atom is -0.455 e. The predicted octanol–water partition coefficient (Wildman–Crippen LogP) is 4.31. The maximum absolute atomic E-state index is 13.5. The average Bonchev–Trinajstić information content (AvgIpc) is 2.66. The fraction of sp³-hybridized carbons (Fsp3) is 0.150. The highest BCUT2D eigenvalue weighted by atomic mass is 32.2. The number of hydrogen-bond donors (Lipinski definition) is 1. The summed E-state index contributed by atoms with van der Waals surface area (Å²) in [4.78, 5) is 5.39. The van der Waals surface area contributed by atoms with E-state index in [2.05, 4.69) is 9.71 Å². The third-order valence-corrected chi connectivity index (χ3v) is 7.01. The van der Waals surface area contributed by atoms with Crippen LogP contribution in [-0.2, 0) is 16.4 Å². The molecule has 1 aliphatic heterocycles. The Labute approximate surface area is 167 Å². The second-order valence-corrected chi connectivity index (χ2v) is 9.18. The van der Waals surface area contributed by atoms with Gasteiger partial charge in [0.05, 0.1) is 14.7 Å². The highest BCUT2D eigenvalue weighted by Crippen LogP contribution is 2.48. The average molecular weight is 416 g/mol. The Kier molecular flexibility index (Phi) is 5.09. The molecule has 3 aromatic rings. The first-order valence-corrected chi connectivity index (χ1v) is 10.9. The molecule has 144 valence electrons. The van der Waals surface area contributed by atoms with Crippen LogP contribution in [-0.4, -0.2) is 19.9 Å². The standard InChI is InChI=1S/C20H17FN2O3S2/c1-13-10-17-19(27-18-11-15(21)2-3-16(18)26-17)12-20(13)28(24,25)23-9-6-14-4-7-22-8-5-14/h2-5,7-8,10-12,23H,6,9H2,1H3. The first-order chi connectivity index (χ1) is 13.4. The van der Waals surface area contributed by atoms with E-state index in [4.69, 9.17) is 4.74 Å². The molecule has 0 radical (unpaired) electrons. The van der Waals surface area contributed by atoms with Crippen molar-refractivity contribution in [2.24, 2.45) is 0 Å². The molecule has 1 aliphatic rings. The SMILES string of the molecule is Cc1cc2c(cc1S(=O)(=O)NCCc1ccncc1)Sc1cc(F)ccc1O2. The third-order valence-electron chi connectivity index (χ3n) is 4.33. The van der Waals surface area contributed by atoms with E-state index >= 15 is 0 Å². The Morgan fingerprint density at radius 1 is 1.07 bits per heavy atom. The summed E-state index contributed by atoms with van der Waals surface area (Å²) in [6.45, 7) is 2.01. The second kappa shape index (κ2) is 7.54. The van der Waals surface area contributed by atoms with Crippen molar-refractivity contribution >= 4 is 21.8 Å². The Hall–Kier alpha value is -2.42. The fourth-order valence-electron chi connectivity index (χ4n) is 2.93. The highest BCUT2D eigenvalue weighted by molar-refractivity contribution is 7.99. The number of benzene rings is 2. The van der Waals surface area contributed by atoms with Gasteiger partial charge in [0, 0.05) is 18.9 Å². The van der Waals surface area contributed by atoms with Gasteiger partial charge < -0.3 is 4.74 Å². The zero-order valence-electron chi connectivity index (χ0n) is 15.0. The van der Waals surface area contributed by atoms with E-state index in [1.807, 2.05) is 12.1 Å². The number of nitrogens with one attached hydrogen (secondary N) is 1. The molecule has 1 N–H and O–H groups in total. The number of rotatable bonds is 5. The first kappa shape index (κ1) is 18.9. The van der Waals surface area contributed by atoms with Crippen molar-refractivity contribution in [2.75, 3.05) is 6.54 Å². The predicted molar refractivity (Wildman–Crippen MR) is 105 cm³/mol. The molecule has 2 aromatic carbocycles. The molecule has 28 heavy (non-hydrogen) atoms. The molecule has 0 unspecified atom stereocenters. The number of ether oxygens (including phenoxy) is 1. The van der Waals surface area contributed by atoms with Gasteiger partial charge >= 0.3 is 0 Å². The van der Waals surface area contributed by atoms with E-state index in [0.29, 0.717) is 33.3 Å². The maximum Gasteiger partial charge on any atom is 0.240 e. The summed E-state index contributed by atoms with van der Waals surface area (Å²) in [6.07, 6.45) is 3.92. The van der Waals surface area contributed by atoms with Gasteiger partial charge in [-0.15, -0.1) is 0 Å². The number of sulfonamides is 1. The lowest BCUT2D eigenvalue weighted by Gasteiger charge is -2.21. The largest absolute Gasteiger partial charge is 0.455 e. The van der Waals surface area contributed by atoms with Crippen LogP contribution in [0.4, 0.5) is 4.39 Å². The summed E-state index contributed by atoms with van der Waals surface area (Å²) in [5.41, 5.74) is 1.59. The van der Waals surface area contributed by atoms with Crippen LogP contribution in [0.5, 0.6) is 11.5 Å². The summed E-state index contributed by atoms with van der Waals surface area (Å²) < 4.78 is 47.5. The molecular weight excluding hydrogens is 399 g/mol. The molecule has 0 spiro atoms. The topological polar surface area (TPSA) is 68.3 Å². The lowest BCUT2D eigenvalue weighted by Crippen LogP contribution is -2.26. The molecule has 5 nitrogen and oxygen atoms in total. The normalized spacial score (nSPS) is 12.8. The van der Waals surface area contributed by atoms with E-state index in [9.17, 15) is 12.8 Å². The van der Waals surface area contributed by atoms with E-state index in [-0.39, 0.29) is 17.3 Å². The summed E-state index contributed by atoms with van der Waals surface area (Å²) in [7, 11) is -3.69. The van der Waals surface area contributed by atoms with E-state index in [1.54, 1.807) is 37.5 Å². The smallest absolute Gasteiger partial charge is 0.240 e. The number of halogens is 1. The van der Waals surface area contributed by atoms with Crippen LogP contribution in [0.1, 0.15) is 11.1 Å². The fourth-order valence-corrected chi connectivity index (χ4v) is 5.29. The lowest BCUT2D eigenvalue weighted by molar-refractivity contribution is 0.450. The molecule has 0 bridgehead atoms. The Bertz CT molecular complexity index is 1140. The van der Waals surface area contributed by atoms with Crippen LogP contribution in [0.2, 0.25) is 0 Å². The number of aryl methyl sites for hydroxylation is 1. The van der Waals surface area contributed by atoms with Crippen molar-refractivity contribution in [1.29, 1.82) is 0 Å². The van der Waals surface area contributed by atoms with Gasteiger partial charge in [-0.1, -0.05) is 11.8 Å².